The fourth-order valence-electron chi connectivity index (χ4n) is 2.00. The van der Waals surface area contributed by atoms with Crippen LogP contribution in [0, 0.1) is 0 Å². The second-order valence-corrected chi connectivity index (χ2v) is 4.86. The Morgan fingerprint density at radius 3 is 3.10 bits per heavy atom. The number of hydrogen-bond acceptors (Lipinski definition) is 4. The molecule has 0 atom stereocenters. The SMILES string of the molecule is COc1cc(C(=O)NCc2cc(C3CC3)n[nH]2)ccn1. The average molecular weight is 272 g/mol. The Bertz CT molecular complexity index is 619. The highest BCUT2D eigenvalue weighted by Gasteiger charge is 2.26. The lowest BCUT2D eigenvalue weighted by molar-refractivity contribution is 0.0950. The smallest absolute Gasteiger partial charge is 0.251 e. The highest BCUT2D eigenvalue weighted by atomic mass is 16.5. The molecule has 6 heteroatoms. The van der Waals surface area contributed by atoms with Crippen molar-refractivity contribution in [2.75, 3.05) is 7.11 Å². The summed E-state index contributed by atoms with van der Waals surface area (Å²) in [7, 11) is 1.52. The molecule has 0 unspecified atom stereocenters. The van der Waals surface area contributed by atoms with Gasteiger partial charge in [0.2, 0.25) is 5.88 Å². The first-order chi connectivity index (χ1) is 9.76. The minimum absolute atomic E-state index is 0.159. The number of pyridine rings is 1. The molecular weight excluding hydrogens is 256 g/mol. The Morgan fingerprint density at radius 2 is 2.35 bits per heavy atom. The van der Waals surface area contributed by atoms with E-state index in [9.17, 15) is 4.79 Å². The first-order valence-corrected chi connectivity index (χ1v) is 6.58. The molecule has 104 valence electrons. The monoisotopic (exact) mass is 272 g/mol. The summed E-state index contributed by atoms with van der Waals surface area (Å²) >= 11 is 0. The topological polar surface area (TPSA) is 79.9 Å². The molecule has 2 aromatic rings. The van der Waals surface area contributed by atoms with Gasteiger partial charge in [-0.2, -0.15) is 5.10 Å². The van der Waals surface area contributed by atoms with Crippen LogP contribution in [0.15, 0.2) is 24.4 Å². The number of rotatable bonds is 5. The molecule has 1 aliphatic carbocycles. The summed E-state index contributed by atoms with van der Waals surface area (Å²) in [4.78, 5) is 16.0. The molecule has 0 spiro atoms. The second-order valence-electron chi connectivity index (χ2n) is 4.86. The molecule has 2 N–H and O–H groups in total. The van der Waals surface area contributed by atoms with Crippen LogP contribution in [-0.4, -0.2) is 28.2 Å². The van der Waals surface area contributed by atoms with Gasteiger partial charge in [-0.25, -0.2) is 4.98 Å². The maximum atomic E-state index is 12.0. The predicted molar refractivity (Wildman–Crippen MR) is 72.5 cm³/mol. The van der Waals surface area contributed by atoms with Crippen molar-refractivity contribution in [3.8, 4) is 5.88 Å². The summed E-state index contributed by atoms with van der Waals surface area (Å²) in [6.07, 6.45) is 3.98. The molecule has 1 aliphatic rings. The number of ether oxygens (including phenoxy) is 1. The van der Waals surface area contributed by atoms with Gasteiger partial charge in [-0.1, -0.05) is 0 Å². The van der Waals surface area contributed by atoms with Gasteiger partial charge in [0.05, 0.1) is 25.0 Å². The summed E-state index contributed by atoms with van der Waals surface area (Å²) in [6, 6.07) is 5.28. The number of H-pyrrole nitrogens is 1. The van der Waals surface area contributed by atoms with Gasteiger partial charge in [0, 0.05) is 23.7 Å². The summed E-state index contributed by atoms with van der Waals surface area (Å²) in [5, 5.41) is 10.1. The molecule has 0 aromatic carbocycles. The number of carbonyl (C=O) groups is 1. The number of amides is 1. The summed E-state index contributed by atoms with van der Waals surface area (Å²) in [6.45, 7) is 0.434. The standard InChI is InChI=1S/C14H16N4O2/c1-20-13-6-10(4-5-15-13)14(19)16-8-11-7-12(18-17-11)9-2-3-9/h4-7,9H,2-3,8H2,1H3,(H,16,19)(H,17,18). The Labute approximate surface area is 116 Å². The minimum atomic E-state index is -0.159. The van der Waals surface area contributed by atoms with Crippen molar-refractivity contribution >= 4 is 5.91 Å². The molecule has 3 rings (SSSR count). The summed E-state index contributed by atoms with van der Waals surface area (Å²) in [5.41, 5.74) is 2.54. The summed E-state index contributed by atoms with van der Waals surface area (Å²) in [5.74, 6) is 0.878. The Hall–Kier alpha value is -2.37. The van der Waals surface area contributed by atoms with Crippen molar-refractivity contribution in [3.63, 3.8) is 0 Å². The zero-order chi connectivity index (χ0) is 13.9. The molecule has 1 amide bonds. The van der Waals surface area contributed by atoms with E-state index in [1.165, 1.54) is 20.0 Å². The van der Waals surface area contributed by atoms with Gasteiger partial charge in [0.1, 0.15) is 0 Å². The van der Waals surface area contributed by atoms with Gasteiger partial charge < -0.3 is 10.1 Å². The van der Waals surface area contributed by atoms with E-state index in [1.54, 1.807) is 18.3 Å². The molecule has 2 heterocycles. The van der Waals surface area contributed by atoms with Gasteiger partial charge in [-0.05, 0) is 25.0 Å². The number of methoxy groups -OCH3 is 1. The fraction of sp³-hybridized carbons (Fsp3) is 0.357. The van der Waals surface area contributed by atoms with E-state index in [0.717, 1.165) is 11.4 Å². The average Bonchev–Trinajstić information content (AvgIpc) is 3.24. The largest absolute Gasteiger partial charge is 0.481 e. The normalized spacial score (nSPS) is 14.1. The third-order valence-corrected chi connectivity index (χ3v) is 3.29. The molecule has 20 heavy (non-hydrogen) atoms. The van der Waals surface area contributed by atoms with Crippen LogP contribution in [0.3, 0.4) is 0 Å². The van der Waals surface area contributed by atoms with E-state index in [2.05, 4.69) is 20.5 Å². The van der Waals surface area contributed by atoms with Crippen molar-refractivity contribution in [1.82, 2.24) is 20.5 Å². The summed E-state index contributed by atoms with van der Waals surface area (Å²) < 4.78 is 5.00. The van der Waals surface area contributed by atoms with E-state index in [4.69, 9.17) is 4.74 Å². The molecule has 0 saturated heterocycles. The molecular formula is C14H16N4O2. The Kier molecular flexibility index (Phi) is 3.37. The first kappa shape index (κ1) is 12.7. The zero-order valence-corrected chi connectivity index (χ0v) is 11.2. The second kappa shape index (κ2) is 5.32. The van der Waals surface area contributed by atoms with Crippen LogP contribution in [0.2, 0.25) is 0 Å². The number of aromatic amines is 1. The van der Waals surface area contributed by atoms with Gasteiger partial charge >= 0.3 is 0 Å². The third kappa shape index (κ3) is 2.79. The van der Waals surface area contributed by atoms with Crippen LogP contribution in [0.5, 0.6) is 5.88 Å². The molecule has 1 saturated carbocycles. The van der Waals surface area contributed by atoms with Crippen LogP contribution < -0.4 is 10.1 Å². The van der Waals surface area contributed by atoms with Gasteiger partial charge in [-0.3, -0.25) is 9.89 Å². The Balaban J connectivity index is 1.60. The van der Waals surface area contributed by atoms with Crippen molar-refractivity contribution < 1.29 is 9.53 Å². The fourth-order valence-corrected chi connectivity index (χ4v) is 2.00. The third-order valence-electron chi connectivity index (χ3n) is 3.29. The molecule has 1 fully saturated rings. The van der Waals surface area contributed by atoms with E-state index in [0.29, 0.717) is 23.9 Å². The van der Waals surface area contributed by atoms with Crippen LogP contribution in [0.4, 0.5) is 0 Å². The highest BCUT2D eigenvalue weighted by Crippen LogP contribution is 2.38. The number of aromatic nitrogens is 3. The van der Waals surface area contributed by atoms with Gasteiger partial charge in [0.15, 0.2) is 0 Å². The van der Waals surface area contributed by atoms with Gasteiger partial charge in [0.25, 0.3) is 5.91 Å². The lowest BCUT2D eigenvalue weighted by atomic mass is 10.2. The number of carbonyl (C=O) groups excluding carboxylic acids is 1. The number of hydrogen-bond donors (Lipinski definition) is 2. The highest BCUT2D eigenvalue weighted by molar-refractivity contribution is 5.94. The zero-order valence-electron chi connectivity index (χ0n) is 11.2. The lowest BCUT2D eigenvalue weighted by Gasteiger charge is -2.04. The molecule has 6 nitrogen and oxygen atoms in total. The maximum absolute atomic E-state index is 12.0. The van der Waals surface area contributed by atoms with Crippen LogP contribution >= 0.6 is 0 Å². The van der Waals surface area contributed by atoms with Crippen molar-refractivity contribution in [2.45, 2.75) is 25.3 Å². The molecule has 2 aromatic heterocycles. The molecule has 0 aliphatic heterocycles. The van der Waals surface area contributed by atoms with Crippen molar-refractivity contribution in [3.05, 3.63) is 41.3 Å². The quantitative estimate of drug-likeness (QED) is 0.866. The minimum Gasteiger partial charge on any atom is -0.481 e. The predicted octanol–water partition coefficient (Wildman–Crippen LogP) is 1.62. The van der Waals surface area contributed by atoms with E-state index in [-0.39, 0.29) is 5.91 Å². The molecule has 0 bridgehead atoms. The van der Waals surface area contributed by atoms with E-state index >= 15 is 0 Å². The maximum Gasteiger partial charge on any atom is 0.251 e. The first-order valence-electron chi connectivity index (χ1n) is 6.58. The van der Waals surface area contributed by atoms with Gasteiger partial charge in [-0.15, -0.1) is 0 Å². The number of nitrogens with zero attached hydrogens (tertiary/aromatic N) is 2. The van der Waals surface area contributed by atoms with Crippen LogP contribution in [0.25, 0.3) is 0 Å². The molecule has 0 radical (unpaired) electrons. The van der Waals surface area contributed by atoms with E-state index in [1.807, 2.05) is 6.07 Å². The Morgan fingerprint density at radius 1 is 1.50 bits per heavy atom. The lowest BCUT2D eigenvalue weighted by Crippen LogP contribution is -2.23. The van der Waals surface area contributed by atoms with Crippen molar-refractivity contribution in [2.24, 2.45) is 0 Å². The van der Waals surface area contributed by atoms with Crippen LogP contribution in [0.1, 0.15) is 40.5 Å². The number of nitrogens with one attached hydrogen (secondary N) is 2. The van der Waals surface area contributed by atoms with E-state index < -0.39 is 0 Å². The van der Waals surface area contributed by atoms with Crippen LogP contribution in [-0.2, 0) is 6.54 Å². The van der Waals surface area contributed by atoms with Crippen molar-refractivity contribution in [1.29, 1.82) is 0 Å².